The van der Waals surface area contributed by atoms with E-state index in [0.717, 1.165) is 23.1 Å². The van der Waals surface area contributed by atoms with Gasteiger partial charge in [-0.3, -0.25) is 0 Å². The highest BCUT2D eigenvalue weighted by Crippen LogP contribution is 2.31. The molecule has 146 valence electrons. The third-order valence-electron chi connectivity index (χ3n) is 5.19. The third kappa shape index (κ3) is 3.21. The molecule has 0 amide bonds. The number of sulfonamides is 1. The van der Waals surface area contributed by atoms with Crippen LogP contribution in [0.15, 0.2) is 59.8 Å². The van der Waals surface area contributed by atoms with E-state index in [1.165, 1.54) is 9.88 Å². The predicted octanol–water partition coefficient (Wildman–Crippen LogP) is 3.54. The van der Waals surface area contributed by atoms with Crippen LogP contribution in [0, 0.1) is 0 Å². The van der Waals surface area contributed by atoms with Gasteiger partial charge in [0.15, 0.2) is 0 Å². The standard InChI is InChI=1S/C21H23N3O3S/c1-3-23-15-20(19-5-4-12-22-21(19)23)16-10-13-24(14-11-16)28(25,26)18-8-6-17(27-2)7-9-18/h4-10,12,15H,3,11,13-14H2,1-2H3. The summed E-state index contributed by atoms with van der Waals surface area (Å²) in [5.41, 5.74) is 3.28. The summed E-state index contributed by atoms with van der Waals surface area (Å²) in [7, 11) is -1.96. The summed E-state index contributed by atoms with van der Waals surface area (Å²) >= 11 is 0. The van der Waals surface area contributed by atoms with Gasteiger partial charge in [-0.15, -0.1) is 0 Å². The van der Waals surface area contributed by atoms with Gasteiger partial charge in [-0.25, -0.2) is 13.4 Å². The first-order valence-corrected chi connectivity index (χ1v) is 10.8. The van der Waals surface area contributed by atoms with Gasteiger partial charge in [-0.05, 0) is 55.3 Å². The molecule has 0 saturated heterocycles. The highest BCUT2D eigenvalue weighted by molar-refractivity contribution is 7.89. The molecule has 0 N–H and O–H groups in total. The average molecular weight is 398 g/mol. The zero-order chi connectivity index (χ0) is 19.7. The lowest BCUT2D eigenvalue weighted by atomic mass is 10.0. The molecule has 0 atom stereocenters. The Kier molecular flexibility index (Phi) is 4.95. The quantitative estimate of drug-likeness (QED) is 0.661. The number of fused-ring (bicyclic) bond motifs is 1. The van der Waals surface area contributed by atoms with Crippen molar-refractivity contribution in [2.45, 2.75) is 24.8 Å². The Hall–Kier alpha value is -2.64. The smallest absolute Gasteiger partial charge is 0.243 e. The topological polar surface area (TPSA) is 64.4 Å². The van der Waals surface area contributed by atoms with E-state index in [-0.39, 0.29) is 4.90 Å². The van der Waals surface area contributed by atoms with E-state index < -0.39 is 10.0 Å². The van der Waals surface area contributed by atoms with Crippen molar-refractivity contribution in [3.63, 3.8) is 0 Å². The fourth-order valence-corrected chi connectivity index (χ4v) is 5.01. The lowest BCUT2D eigenvalue weighted by Crippen LogP contribution is -2.34. The number of aryl methyl sites for hydroxylation is 1. The fraction of sp³-hybridized carbons (Fsp3) is 0.286. The molecule has 3 heterocycles. The molecule has 0 aliphatic carbocycles. The van der Waals surface area contributed by atoms with Crippen molar-refractivity contribution in [1.82, 2.24) is 13.9 Å². The zero-order valence-electron chi connectivity index (χ0n) is 16.0. The van der Waals surface area contributed by atoms with Gasteiger partial charge < -0.3 is 9.30 Å². The van der Waals surface area contributed by atoms with Crippen molar-refractivity contribution < 1.29 is 13.2 Å². The summed E-state index contributed by atoms with van der Waals surface area (Å²) in [4.78, 5) is 4.78. The second-order valence-corrected chi connectivity index (χ2v) is 8.66. The van der Waals surface area contributed by atoms with Gasteiger partial charge in [0, 0.05) is 43.0 Å². The summed E-state index contributed by atoms with van der Waals surface area (Å²) in [6.45, 7) is 3.76. The highest BCUT2D eigenvalue weighted by Gasteiger charge is 2.27. The maximum absolute atomic E-state index is 12.9. The van der Waals surface area contributed by atoms with Gasteiger partial charge in [0.1, 0.15) is 11.4 Å². The molecule has 1 aliphatic rings. The monoisotopic (exact) mass is 397 g/mol. The zero-order valence-corrected chi connectivity index (χ0v) is 16.8. The Morgan fingerprint density at radius 1 is 1.18 bits per heavy atom. The van der Waals surface area contributed by atoms with E-state index in [0.29, 0.717) is 25.3 Å². The Morgan fingerprint density at radius 2 is 1.96 bits per heavy atom. The van der Waals surface area contributed by atoms with Crippen molar-refractivity contribution in [1.29, 1.82) is 0 Å². The summed E-state index contributed by atoms with van der Waals surface area (Å²) in [6.07, 6.45) is 6.62. The van der Waals surface area contributed by atoms with E-state index in [9.17, 15) is 8.42 Å². The molecule has 1 aliphatic heterocycles. The van der Waals surface area contributed by atoms with Crippen LogP contribution in [0.1, 0.15) is 18.9 Å². The predicted molar refractivity (Wildman–Crippen MR) is 110 cm³/mol. The SMILES string of the molecule is CCn1cc(C2=CCN(S(=O)(=O)c3ccc(OC)cc3)CC2)c2cccnc21. The summed E-state index contributed by atoms with van der Waals surface area (Å²) in [5.74, 6) is 0.640. The van der Waals surface area contributed by atoms with E-state index in [4.69, 9.17) is 4.74 Å². The number of hydrogen-bond donors (Lipinski definition) is 0. The molecule has 0 fully saturated rings. The lowest BCUT2D eigenvalue weighted by Gasteiger charge is -2.26. The molecule has 0 spiro atoms. The number of pyridine rings is 1. The minimum atomic E-state index is -3.52. The Labute approximate surface area is 165 Å². The minimum absolute atomic E-state index is 0.289. The van der Waals surface area contributed by atoms with Gasteiger partial charge in [0.2, 0.25) is 10.0 Å². The van der Waals surface area contributed by atoms with Gasteiger partial charge in [0.05, 0.1) is 12.0 Å². The van der Waals surface area contributed by atoms with Gasteiger partial charge in [-0.1, -0.05) is 6.08 Å². The molecule has 0 radical (unpaired) electrons. The first-order valence-electron chi connectivity index (χ1n) is 9.32. The highest BCUT2D eigenvalue weighted by atomic mass is 32.2. The van der Waals surface area contributed by atoms with Crippen LogP contribution in [-0.4, -0.2) is 42.5 Å². The summed E-state index contributed by atoms with van der Waals surface area (Å²) in [6, 6.07) is 10.5. The second-order valence-electron chi connectivity index (χ2n) is 6.72. The molecule has 6 nitrogen and oxygen atoms in total. The molecule has 7 heteroatoms. The van der Waals surface area contributed by atoms with Crippen LogP contribution in [0.25, 0.3) is 16.6 Å². The van der Waals surface area contributed by atoms with E-state index in [2.05, 4.69) is 28.7 Å². The van der Waals surface area contributed by atoms with Crippen LogP contribution in [-0.2, 0) is 16.6 Å². The first kappa shape index (κ1) is 18.7. The average Bonchev–Trinajstić information content (AvgIpc) is 3.13. The lowest BCUT2D eigenvalue weighted by molar-refractivity contribution is 0.414. The number of methoxy groups -OCH3 is 1. The van der Waals surface area contributed by atoms with Crippen molar-refractivity contribution in [3.8, 4) is 5.75 Å². The van der Waals surface area contributed by atoms with Crippen molar-refractivity contribution in [2.75, 3.05) is 20.2 Å². The van der Waals surface area contributed by atoms with Crippen LogP contribution in [0.4, 0.5) is 0 Å². The van der Waals surface area contributed by atoms with Crippen LogP contribution in [0.5, 0.6) is 5.75 Å². The second kappa shape index (κ2) is 7.41. The Balaban J connectivity index is 1.61. The Morgan fingerprint density at radius 3 is 2.61 bits per heavy atom. The molecule has 28 heavy (non-hydrogen) atoms. The minimum Gasteiger partial charge on any atom is -0.497 e. The van der Waals surface area contributed by atoms with Crippen molar-refractivity contribution >= 4 is 26.6 Å². The normalized spacial score (nSPS) is 15.6. The number of nitrogens with zero attached hydrogens (tertiary/aromatic N) is 3. The molecule has 4 rings (SSSR count). The largest absolute Gasteiger partial charge is 0.497 e. The summed E-state index contributed by atoms with van der Waals surface area (Å²) in [5, 5.41) is 1.11. The third-order valence-corrected chi connectivity index (χ3v) is 7.07. The molecule has 1 aromatic carbocycles. The molecule has 3 aromatic rings. The van der Waals surface area contributed by atoms with E-state index in [1.54, 1.807) is 37.6 Å². The van der Waals surface area contributed by atoms with Gasteiger partial charge in [-0.2, -0.15) is 4.31 Å². The first-order chi connectivity index (χ1) is 13.5. The van der Waals surface area contributed by atoms with Gasteiger partial charge >= 0.3 is 0 Å². The molecule has 0 bridgehead atoms. The molecule has 0 saturated carbocycles. The molecular formula is C21H23N3O3S. The molecule has 0 unspecified atom stereocenters. The maximum Gasteiger partial charge on any atom is 0.243 e. The number of aromatic nitrogens is 2. The molecular weight excluding hydrogens is 374 g/mol. The Bertz CT molecular complexity index is 1130. The number of benzene rings is 1. The van der Waals surface area contributed by atoms with Crippen LogP contribution in [0.2, 0.25) is 0 Å². The van der Waals surface area contributed by atoms with Crippen LogP contribution < -0.4 is 4.74 Å². The molecule has 2 aromatic heterocycles. The maximum atomic E-state index is 12.9. The van der Waals surface area contributed by atoms with Crippen LogP contribution >= 0.6 is 0 Å². The van der Waals surface area contributed by atoms with Crippen LogP contribution in [0.3, 0.4) is 0 Å². The number of rotatable bonds is 5. The number of ether oxygens (including phenoxy) is 1. The fourth-order valence-electron chi connectivity index (χ4n) is 3.63. The number of hydrogen-bond acceptors (Lipinski definition) is 4. The van der Waals surface area contributed by atoms with E-state index in [1.807, 2.05) is 12.1 Å². The summed E-state index contributed by atoms with van der Waals surface area (Å²) < 4.78 is 34.6. The van der Waals surface area contributed by atoms with Crippen molar-refractivity contribution in [2.24, 2.45) is 0 Å². The van der Waals surface area contributed by atoms with E-state index >= 15 is 0 Å². The van der Waals surface area contributed by atoms with Crippen molar-refractivity contribution in [3.05, 3.63) is 60.4 Å². The van der Waals surface area contributed by atoms with Gasteiger partial charge in [0.25, 0.3) is 0 Å².